The van der Waals surface area contributed by atoms with Crippen LogP contribution in [0.3, 0.4) is 0 Å². The highest BCUT2D eigenvalue weighted by molar-refractivity contribution is 5.85. The Morgan fingerprint density at radius 2 is 2.33 bits per heavy atom. The predicted octanol–water partition coefficient (Wildman–Crippen LogP) is 2.79. The van der Waals surface area contributed by atoms with E-state index >= 15 is 0 Å². The van der Waals surface area contributed by atoms with E-state index in [0.29, 0.717) is 6.10 Å². The summed E-state index contributed by atoms with van der Waals surface area (Å²) < 4.78 is 5.76. The fourth-order valence-electron chi connectivity index (χ4n) is 2.64. The van der Waals surface area contributed by atoms with Gasteiger partial charge in [0.2, 0.25) is 0 Å². The molecule has 0 radical (unpaired) electrons. The summed E-state index contributed by atoms with van der Waals surface area (Å²) in [5, 5.41) is 8.66. The third-order valence-corrected chi connectivity index (χ3v) is 3.61. The van der Waals surface area contributed by atoms with Crippen LogP contribution < -0.4 is 0 Å². The Kier molecular flexibility index (Phi) is 5.96. The zero-order valence-corrected chi connectivity index (χ0v) is 12.5. The van der Waals surface area contributed by atoms with Gasteiger partial charge in [-0.1, -0.05) is 24.3 Å². The summed E-state index contributed by atoms with van der Waals surface area (Å²) in [6.45, 7) is 2.66. The maximum atomic E-state index is 10.5. The molecule has 1 aliphatic heterocycles. The molecule has 0 spiro atoms. The monoisotopic (exact) mass is 289 g/mol. The average molecular weight is 289 g/mol. The molecule has 0 amide bonds. The number of benzene rings is 1. The second-order valence-electron chi connectivity index (χ2n) is 5.60. The van der Waals surface area contributed by atoms with Crippen molar-refractivity contribution in [3.63, 3.8) is 0 Å². The molecule has 0 saturated carbocycles. The topological polar surface area (TPSA) is 49.8 Å². The Balaban J connectivity index is 1.89. The van der Waals surface area contributed by atoms with Crippen LogP contribution in [0.25, 0.3) is 6.08 Å². The minimum absolute atomic E-state index is 0.346. The molecule has 21 heavy (non-hydrogen) atoms. The van der Waals surface area contributed by atoms with Crippen LogP contribution >= 0.6 is 0 Å². The van der Waals surface area contributed by atoms with Gasteiger partial charge in [0.25, 0.3) is 0 Å². The van der Waals surface area contributed by atoms with Crippen LogP contribution in [-0.2, 0) is 16.1 Å². The molecule has 0 aliphatic carbocycles. The molecule has 1 saturated heterocycles. The van der Waals surface area contributed by atoms with Gasteiger partial charge in [-0.15, -0.1) is 0 Å². The van der Waals surface area contributed by atoms with Gasteiger partial charge in [0.05, 0.1) is 6.10 Å². The largest absolute Gasteiger partial charge is 0.478 e. The molecule has 1 aromatic carbocycles. The molecule has 0 aromatic heterocycles. The molecule has 1 heterocycles. The van der Waals surface area contributed by atoms with E-state index < -0.39 is 5.97 Å². The molecule has 0 bridgehead atoms. The van der Waals surface area contributed by atoms with E-state index in [1.807, 2.05) is 18.2 Å². The maximum Gasteiger partial charge on any atom is 0.328 e. The lowest BCUT2D eigenvalue weighted by molar-refractivity contribution is -0.131. The molecule has 1 aromatic rings. The lowest BCUT2D eigenvalue weighted by atomic mass is 10.1. The molecule has 1 fully saturated rings. The summed E-state index contributed by atoms with van der Waals surface area (Å²) in [5.41, 5.74) is 2.10. The Morgan fingerprint density at radius 3 is 3.05 bits per heavy atom. The number of nitrogens with zero attached hydrogens (tertiary/aromatic N) is 1. The SMILES string of the molecule is CN(Cc1cccc(C=CC(=O)O)c1)CC1CCCCO1. The van der Waals surface area contributed by atoms with Gasteiger partial charge in [-0.05, 0) is 43.5 Å². The molecule has 114 valence electrons. The third kappa shape index (κ3) is 5.69. The van der Waals surface area contributed by atoms with Crippen molar-refractivity contribution in [2.24, 2.45) is 0 Å². The van der Waals surface area contributed by atoms with E-state index in [0.717, 1.165) is 31.7 Å². The first-order valence-corrected chi connectivity index (χ1v) is 7.43. The minimum atomic E-state index is -0.924. The van der Waals surface area contributed by atoms with E-state index in [1.54, 1.807) is 6.08 Å². The second-order valence-corrected chi connectivity index (χ2v) is 5.60. The van der Waals surface area contributed by atoms with Crippen LogP contribution in [0.5, 0.6) is 0 Å². The van der Waals surface area contributed by atoms with Gasteiger partial charge >= 0.3 is 5.97 Å². The van der Waals surface area contributed by atoms with Crippen LogP contribution in [0, 0.1) is 0 Å². The molecular formula is C17H23NO3. The normalized spacial score (nSPS) is 19.2. The van der Waals surface area contributed by atoms with Gasteiger partial charge in [0.1, 0.15) is 0 Å². The highest BCUT2D eigenvalue weighted by atomic mass is 16.5. The van der Waals surface area contributed by atoms with Crippen LogP contribution in [-0.4, -0.2) is 42.3 Å². The average Bonchev–Trinajstić information content (AvgIpc) is 2.46. The van der Waals surface area contributed by atoms with Crippen molar-refractivity contribution in [1.29, 1.82) is 0 Å². The van der Waals surface area contributed by atoms with E-state index in [4.69, 9.17) is 9.84 Å². The Morgan fingerprint density at radius 1 is 1.48 bits per heavy atom. The molecular weight excluding hydrogens is 266 g/mol. The van der Waals surface area contributed by atoms with Crippen molar-refractivity contribution in [3.05, 3.63) is 41.5 Å². The smallest absolute Gasteiger partial charge is 0.328 e. The first kappa shape index (κ1) is 15.7. The van der Waals surface area contributed by atoms with Crippen molar-refractivity contribution >= 4 is 12.0 Å². The number of aliphatic carboxylic acids is 1. The molecule has 4 nitrogen and oxygen atoms in total. The van der Waals surface area contributed by atoms with E-state index in [9.17, 15) is 4.79 Å². The molecule has 1 aliphatic rings. The summed E-state index contributed by atoms with van der Waals surface area (Å²) in [6, 6.07) is 7.96. The first-order valence-electron chi connectivity index (χ1n) is 7.43. The standard InChI is InChI=1S/C17H23NO3/c1-18(13-16-7-2-3-10-21-16)12-15-6-4-5-14(11-15)8-9-17(19)20/h4-6,8-9,11,16H,2-3,7,10,12-13H2,1H3,(H,19,20). The summed E-state index contributed by atoms with van der Waals surface area (Å²) in [4.78, 5) is 12.8. The van der Waals surface area contributed by atoms with Crippen LogP contribution in [0.2, 0.25) is 0 Å². The number of hydrogen-bond acceptors (Lipinski definition) is 3. The van der Waals surface area contributed by atoms with Crippen molar-refractivity contribution in [1.82, 2.24) is 4.90 Å². The highest BCUT2D eigenvalue weighted by Gasteiger charge is 2.15. The van der Waals surface area contributed by atoms with Crippen molar-refractivity contribution in [2.45, 2.75) is 31.9 Å². The highest BCUT2D eigenvalue weighted by Crippen LogP contribution is 2.15. The van der Waals surface area contributed by atoms with Crippen molar-refractivity contribution < 1.29 is 14.6 Å². The number of ether oxygens (including phenoxy) is 1. The van der Waals surface area contributed by atoms with Gasteiger partial charge in [-0.2, -0.15) is 0 Å². The summed E-state index contributed by atoms with van der Waals surface area (Å²) in [6.07, 6.45) is 6.71. The number of rotatable bonds is 6. The van der Waals surface area contributed by atoms with Crippen LogP contribution in [0.15, 0.2) is 30.3 Å². The van der Waals surface area contributed by atoms with Crippen LogP contribution in [0.1, 0.15) is 30.4 Å². The van der Waals surface area contributed by atoms with E-state index in [2.05, 4.69) is 18.0 Å². The predicted molar refractivity (Wildman–Crippen MR) is 83.0 cm³/mol. The zero-order valence-electron chi connectivity index (χ0n) is 12.5. The second kappa shape index (κ2) is 7.96. The van der Waals surface area contributed by atoms with Crippen LogP contribution in [0.4, 0.5) is 0 Å². The lowest BCUT2D eigenvalue weighted by Crippen LogP contribution is -2.33. The summed E-state index contributed by atoms with van der Waals surface area (Å²) >= 11 is 0. The molecule has 1 atom stereocenters. The third-order valence-electron chi connectivity index (χ3n) is 3.61. The van der Waals surface area contributed by atoms with Gasteiger partial charge in [-0.3, -0.25) is 4.90 Å². The number of carboxylic acids is 1. The Hall–Kier alpha value is -1.65. The Bertz CT molecular complexity index is 493. The fourth-order valence-corrected chi connectivity index (χ4v) is 2.64. The number of likely N-dealkylation sites (N-methyl/N-ethyl adjacent to an activating group) is 1. The van der Waals surface area contributed by atoms with Gasteiger partial charge in [-0.25, -0.2) is 4.79 Å². The summed E-state index contributed by atoms with van der Waals surface area (Å²) in [5.74, 6) is -0.924. The fraction of sp³-hybridized carbons (Fsp3) is 0.471. The molecule has 4 heteroatoms. The number of carbonyl (C=O) groups is 1. The maximum absolute atomic E-state index is 10.5. The summed E-state index contributed by atoms with van der Waals surface area (Å²) in [7, 11) is 2.09. The quantitative estimate of drug-likeness (QED) is 0.818. The Labute approximate surface area is 126 Å². The number of hydrogen-bond donors (Lipinski definition) is 1. The van der Waals surface area contributed by atoms with E-state index in [-0.39, 0.29) is 0 Å². The number of carboxylic acid groups (broad SMARTS) is 1. The molecule has 2 rings (SSSR count). The molecule has 1 N–H and O–H groups in total. The first-order chi connectivity index (χ1) is 10.1. The van der Waals surface area contributed by atoms with Gasteiger partial charge in [0.15, 0.2) is 0 Å². The lowest BCUT2D eigenvalue weighted by Gasteiger charge is -2.27. The van der Waals surface area contributed by atoms with Crippen molar-refractivity contribution in [3.8, 4) is 0 Å². The van der Waals surface area contributed by atoms with Crippen molar-refractivity contribution in [2.75, 3.05) is 20.2 Å². The zero-order chi connectivity index (χ0) is 15.1. The minimum Gasteiger partial charge on any atom is -0.478 e. The van der Waals surface area contributed by atoms with E-state index in [1.165, 1.54) is 24.5 Å². The molecule has 1 unspecified atom stereocenters. The van der Waals surface area contributed by atoms with Gasteiger partial charge in [0, 0.05) is 25.8 Å². The van der Waals surface area contributed by atoms with Gasteiger partial charge < -0.3 is 9.84 Å².